The second kappa shape index (κ2) is 6.28. The highest BCUT2D eigenvalue weighted by atomic mass is 32.2. The molecular weight excluding hydrogens is 286 g/mol. The van der Waals surface area contributed by atoms with Crippen molar-refractivity contribution in [3.8, 4) is 0 Å². The third-order valence-corrected chi connectivity index (χ3v) is 4.72. The zero-order valence-corrected chi connectivity index (χ0v) is 12.9. The Morgan fingerprint density at radius 3 is 2.48 bits per heavy atom. The molecule has 2 aromatic rings. The van der Waals surface area contributed by atoms with E-state index in [0.717, 1.165) is 5.56 Å². The summed E-state index contributed by atoms with van der Waals surface area (Å²) in [6, 6.07) is 13.7. The molecule has 0 saturated carbocycles. The summed E-state index contributed by atoms with van der Waals surface area (Å²) < 4.78 is 27.4. The van der Waals surface area contributed by atoms with Gasteiger partial charge in [-0.05, 0) is 35.2 Å². The lowest BCUT2D eigenvalue weighted by atomic mass is 10.0. The van der Waals surface area contributed by atoms with Gasteiger partial charge < -0.3 is 5.11 Å². The maximum Gasteiger partial charge on any atom is 0.262 e. The number of aliphatic hydroxyl groups is 1. The number of anilines is 1. The van der Waals surface area contributed by atoms with E-state index in [1.165, 1.54) is 6.07 Å². The predicted octanol–water partition coefficient (Wildman–Crippen LogP) is 3.10. The number of sulfonamides is 1. The molecule has 0 saturated heterocycles. The Morgan fingerprint density at radius 1 is 1.10 bits per heavy atom. The van der Waals surface area contributed by atoms with E-state index in [0.29, 0.717) is 17.2 Å². The standard InChI is InChI=1S/C16H19NO3S/c1-12(2)13-7-5-8-15(10-13)17-21(19,20)16-9-4-3-6-14(16)11-18/h3-10,12,17-18H,11H2,1-2H3. The number of hydrogen-bond donors (Lipinski definition) is 2. The maximum atomic E-state index is 12.4. The van der Waals surface area contributed by atoms with E-state index in [9.17, 15) is 13.5 Å². The van der Waals surface area contributed by atoms with Crippen LogP contribution in [0.2, 0.25) is 0 Å². The van der Waals surface area contributed by atoms with Crippen LogP contribution in [0.4, 0.5) is 5.69 Å². The summed E-state index contributed by atoms with van der Waals surface area (Å²) in [4.78, 5) is 0.0995. The maximum absolute atomic E-state index is 12.4. The minimum atomic E-state index is -3.71. The molecule has 2 rings (SSSR count). The minimum absolute atomic E-state index is 0.0995. The van der Waals surface area contributed by atoms with Crippen molar-refractivity contribution < 1.29 is 13.5 Å². The van der Waals surface area contributed by atoms with Crippen LogP contribution in [-0.4, -0.2) is 13.5 Å². The van der Waals surface area contributed by atoms with Crippen LogP contribution in [0.1, 0.15) is 30.9 Å². The molecule has 0 fully saturated rings. The summed E-state index contributed by atoms with van der Waals surface area (Å²) in [5, 5.41) is 9.27. The van der Waals surface area contributed by atoms with Crippen molar-refractivity contribution in [1.82, 2.24) is 0 Å². The van der Waals surface area contributed by atoms with E-state index >= 15 is 0 Å². The van der Waals surface area contributed by atoms with Crippen molar-refractivity contribution in [1.29, 1.82) is 0 Å². The Morgan fingerprint density at radius 2 is 1.81 bits per heavy atom. The molecule has 0 aromatic heterocycles. The fourth-order valence-electron chi connectivity index (χ4n) is 2.07. The molecule has 0 aliphatic heterocycles. The zero-order chi connectivity index (χ0) is 15.5. The first kappa shape index (κ1) is 15.5. The Bertz CT molecular complexity index is 724. The smallest absolute Gasteiger partial charge is 0.262 e. The van der Waals surface area contributed by atoms with E-state index in [-0.39, 0.29) is 11.5 Å². The van der Waals surface area contributed by atoms with E-state index in [2.05, 4.69) is 18.6 Å². The van der Waals surface area contributed by atoms with Crippen LogP contribution >= 0.6 is 0 Å². The van der Waals surface area contributed by atoms with Crippen LogP contribution in [0.5, 0.6) is 0 Å². The molecule has 0 amide bonds. The van der Waals surface area contributed by atoms with Crippen LogP contribution in [-0.2, 0) is 16.6 Å². The average Bonchev–Trinajstić information content (AvgIpc) is 2.47. The SMILES string of the molecule is CC(C)c1cccc(NS(=O)(=O)c2ccccc2CO)c1. The van der Waals surface area contributed by atoms with Gasteiger partial charge in [-0.15, -0.1) is 0 Å². The molecule has 2 aromatic carbocycles. The van der Waals surface area contributed by atoms with Gasteiger partial charge in [-0.25, -0.2) is 8.42 Å². The van der Waals surface area contributed by atoms with Gasteiger partial charge in [0.1, 0.15) is 0 Å². The average molecular weight is 305 g/mol. The summed E-state index contributed by atoms with van der Waals surface area (Å²) in [6.45, 7) is 3.78. The Hall–Kier alpha value is -1.85. The van der Waals surface area contributed by atoms with Crippen molar-refractivity contribution >= 4 is 15.7 Å². The Kier molecular flexibility index (Phi) is 4.65. The quantitative estimate of drug-likeness (QED) is 0.892. The van der Waals surface area contributed by atoms with E-state index in [1.807, 2.05) is 18.2 Å². The lowest BCUT2D eigenvalue weighted by Crippen LogP contribution is -2.15. The van der Waals surface area contributed by atoms with Gasteiger partial charge in [0.05, 0.1) is 11.5 Å². The van der Waals surface area contributed by atoms with Gasteiger partial charge in [0.25, 0.3) is 10.0 Å². The highest BCUT2D eigenvalue weighted by molar-refractivity contribution is 7.92. The van der Waals surface area contributed by atoms with E-state index in [4.69, 9.17) is 0 Å². The monoisotopic (exact) mass is 305 g/mol. The van der Waals surface area contributed by atoms with Crippen LogP contribution in [0, 0.1) is 0 Å². The van der Waals surface area contributed by atoms with Crippen LogP contribution in [0.3, 0.4) is 0 Å². The molecule has 0 aliphatic carbocycles. The van der Waals surface area contributed by atoms with Gasteiger partial charge in [0.2, 0.25) is 0 Å². The topological polar surface area (TPSA) is 66.4 Å². The van der Waals surface area contributed by atoms with E-state index in [1.54, 1.807) is 24.3 Å². The Labute approximate surface area is 125 Å². The first-order valence-corrected chi connectivity index (χ1v) is 8.24. The predicted molar refractivity (Wildman–Crippen MR) is 83.7 cm³/mol. The number of aliphatic hydroxyl groups excluding tert-OH is 1. The molecular formula is C16H19NO3S. The van der Waals surface area contributed by atoms with Gasteiger partial charge in [0.15, 0.2) is 0 Å². The summed E-state index contributed by atoms with van der Waals surface area (Å²) in [6.07, 6.45) is 0. The van der Waals surface area contributed by atoms with Crippen molar-refractivity contribution in [3.05, 3.63) is 59.7 Å². The van der Waals surface area contributed by atoms with Crippen LogP contribution in [0.25, 0.3) is 0 Å². The number of nitrogens with one attached hydrogen (secondary N) is 1. The lowest BCUT2D eigenvalue weighted by molar-refractivity contribution is 0.278. The highest BCUT2D eigenvalue weighted by Crippen LogP contribution is 2.23. The summed E-state index contributed by atoms with van der Waals surface area (Å²) in [5.74, 6) is 0.319. The molecule has 0 radical (unpaired) electrons. The first-order valence-electron chi connectivity index (χ1n) is 6.75. The fourth-order valence-corrected chi connectivity index (χ4v) is 3.35. The van der Waals surface area contributed by atoms with Crippen LogP contribution in [0.15, 0.2) is 53.4 Å². The largest absolute Gasteiger partial charge is 0.392 e. The van der Waals surface area contributed by atoms with Crippen molar-refractivity contribution in [2.75, 3.05) is 4.72 Å². The molecule has 0 atom stereocenters. The third kappa shape index (κ3) is 3.62. The van der Waals surface area contributed by atoms with Crippen molar-refractivity contribution in [2.45, 2.75) is 31.3 Å². The minimum Gasteiger partial charge on any atom is -0.392 e. The molecule has 21 heavy (non-hydrogen) atoms. The third-order valence-electron chi connectivity index (χ3n) is 3.24. The molecule has 112 valence electrons. The van der Waals surface area contributed by atoms with Gasteiger partial charge in [-0.3, -0.25) is 4.72 Å². The second-order valence-corrected chi connectivity index (χ2v) is 6.80. The van der Waals surface area contributed by atoms with Gasteiger partial charge in [-0.1, -0.05) is 44.2 Å². The van der Waals surface area contributed by atoms with Gasteiger partial charge >= 0.3 is 0 Å². The number of benzene rings is 2. The number of hydrogen-bond acceptors (Lipinski definition) is 3. The molecule has 5 heteroatoms. The van der Waals surface area contributed by atoms with Crippen molar-refractivity contribution in [2.24, 2.45) is 0 Å². The van der Waals surface area contributed by atoms with Gasteiger partial charge in [0, 0.05) is 5.69 Å². The molecule has 0 heterocycles. The normalized spacial score (nSPS) is 11.6. The lowest BCUT2D eigenvalue weighted by Gasteiger charge is -2.13. The van der Waals surface area contributed by atoms with Crippen LogP contribution < -0.4 is 4.72 Å². The highest BCUT2D eigenvalue weighted by Gasteiger charge is 2.18. The molecule has 0 bridgehead atoms. The fraction of sp³-hybridized carbons (Fsp3) is 0.250. The molecule has 0 unspecified atom stereocenters. The zero-order valence-electron chi connectivity index (χ0n) is 12.1. The molecule has 0 aliphatic rings. The number of rotatable bonds is 5. The molecule has 4 nitrogen and oxygen atoms in total. The molecule has 0 spiro atoms. The summed E-state index contributed by atoms with van der Waals surface area (Å²) in [7, 11) is -3.71. The van der Waals surface area contributed by atoms with Crippen molar-refractivity contribution in [3.63, 3.8) is 0 Å². The second-order valence-electron chi connectivity index (χ2n) is 5.15. The Balaban J connectivity index is 2.35. The first-order chi connectivity index (χ1) is 9.94. The molecule has 2 N–H and O–H groups in total. The van der Waals surface area contributed by atoms with Gasteiger partial charge in [-0.2, -0.15) is 0 Å². The summed E-state index contributed by atoms with van der Waals surface area (Å²) >= 11 is 0. The summed E-state index contributed by atoms with van der Waals surface area (Å²) in [5.41, 5.74) is 1.96. The van der Waals surface area contributed by atoms with E-state index < -0.39 is 10.0 Å².